The van der Waals surface area contributed by atoms with Crippen molar-refractivity contribution in [2.45, 2.75) is 13.5 Å². The van der Waals surface area contributed by atoms with E-state index in [1.165, 1.54) is 8.25 Å². The highest BCUT2D eigenvalue weighted by molar-refractivity contribution is 14.1. The van der Waals surface area contributed by atoms with E-state index in [0.29, 0.717) is 6.54 Å². The normalized spacial score (nSPS) is 10.3. The van der Waals surface area contributed by atoms with Crippen LogP contribution in [0.25, 0.3) is 0 Å². The molecule has 0 atom stereocenters. The van der Waals surface area contributed by atoms with Crippen molar-refractivity contribution in [3.63, 3.8) is 0 Å². The molecule has 0 spiro atoms. The summed E-state index contributed by atoms with van der Waals surface area (Å²) in [6.45, 7) is 3.27. The first-order chi connectivity index (χ1) is 8.69. The SMILES string of the molecule is CCNc1cnn(Cc2ccc(I)cc2)c(=O)c1. The smallest absolute Gasteiger partial charge is 0.269 e. The first-order valence-electron chi connectivity index (χ1n) is 5.74. The number of aromatic nitrogens is 2. The fourth-order valence-corrected chi connectivity index (χ4v) is 1.98. The predicted octanol–water partition coefficient (Wildman–Crippen LogP) is 2.33. The van der Waals surface area contributed by atoms with Gasteiger partial charge in [0.15, 0.2) is 0 Å². The summed E-state index contributed by atoms with van der Waals surface area (Å²) in [4.78, 5) is 11.8. The molecule has 0 aliphatic rings. The summed E-state index contributed by atoms with van der Waals surface area (Å²) >= 11 is 2.26. The van der Waals surface area contributed by atoms with Crippen molar-refractivity contribution in [1.82, 2.24) is 9.78 Å². The maximum absolute atomic E-state index is 11.8. The Morgan fingerprint density at radius 1 is 1.33 bits per heavy atom. The molecule has 18 heavy (non-hydrogen) atoms. The van der Waals surface area contributed by atoms with Gasteiger partial charge in [0.25, 0.3) is 5.56 Å². The van der Waals surface area contributed by atoms with Crippen LogP contribution in [0.15, 0.2) is 41.3 Å². The Kier molecular flexibility index (Phi) is 4.35. The molecular weight excluding hydrogens is 341 g/mol. The molecule has 1 N–H and O–H groups in total. The Balaban J connectivity index is 2.19. The third-order valence-corrected chi connectivity index (χ3v) is 3.22. The van der Waals surface area contributed by atoms with Crippen molar-refractivity contribution >= 4 is 28.3 Å². The van der Waals surface area contributed by atoms with Gasteiger partial charge in [-0.3, -0.25) is 4.79 Å². The third kappa shape index (κ3) is 3.32. The average molecular weight is 355 g/mol. The van der Waals surface area contributed by atoms with E-state index in [2.05, 4.69) is 33.0 Å². The third-order valence-electron chi connectivity index (χ3n) is 2.50. The van der Waals surface area contributed by atoms with Crippen LogP contribution < -0.4 is 10.9 Å². The van der Waals surface area contributed by atoms with E-state index in [1.807, 2.05) is 31.2 Å². The van der Waals surface area contributed by atoms with Gasteiger partial charge in [-0.2, -0.15) is 5.10 Å². The maximum Gasteiger partial charge on any atom is 0.269 e. The van der Waals surface area contributed by atoms with E-state index < -0.39 is 0 Å². The summed E-state index contributed by atoms with van der Waals surface area (Å²) < 4.78 is 2.64. The fraction of sp³-hybridized carbons (Fsp3) is 0.231. The van der Waals surface area contributed by atoms with Gasteiger partial charge in [-0.15, -0.1) is 0 Å². The number of nitrogens with zero attached hydrogens (tertiary/aromatic N) is 2. The van der Waals surface area contributed by atoms with Crippen molar-refractivity contribution in [1.29, 1.82) is 0 Å². The molecule has 0 fully saturated rings. The molecule has 0 radical (unpaired) electrons. The second-order valence-corrected chi connectivity index (χ2v) is 5.14. The summed E-state index contributed by atoms with van der Waals surface area (Å²) in [5, 5.41) is 7.22. The highest BCUT2D eigenvalue weighted by Gasteiger charge is 2.01. The largest absolute Gasteiger partial charge is 0.384 e. The average Bonchev–Trinajstić information content (AvgIpc) is 2.36. The fourth-order valence-electron chi connectivity index (χ4n) is 1.62. The van der Waals surface area contributed by atoms with E-state index in [9.17, 15) is 4.79 Å². The monoisotopic (exact) mass is 355 g/mol. The molecular formula is C13H14IN3O. The van der Waals surface area contributed by atoms with Gasteiger partial charge in [0.2, 0.25) is 0 Å². The van der Waals surface area contributed by atoms with E-state index in [0.717, 1.165) is 17.8 Å². The van der Waals surface area contributed by atoms with Crippen LogP contribution in [0.4, 0.5) is 5.69 Å². The lowest BCUT2D eigenvalue weighted by Crippen LogP contribution is -2.23. The first-order valence-corrected chi connectivity index (χ1v) is 6.82. The molecule has 1 heterocycles. The van der Waals surface area contributed by atoms with Gasteiger partial charge in [-0.25, -0.2) is 4.68 Å². The second kappa shape index (κ2) is 5.99. The summed E-state index contributed by atoms with van der Waals surface area (Å²) in [6, 6.07) is 9.63. The molecule has 4 nitrogen and oxygen atoms in total. The highest BCUT2D eigenvalue weighted by Crippen LogP contribution is 2.07. The first kappa shape index (κ1) is 13.1. The van der Waals surface area contributed by atoms with Gasteiger partial charge < -0.3 is 5.32 Å². The Hall–Kier alpha value is -1.37. The molecule has 1 aromatic carbocycles. The summed E-state index contributed by atoms with van der Waals surface area (Å²) in [5.74, 6) is 0. The van der Waals surface area contributed by atoms with Crippen molar-refractivity contribution in [2.75, 3.05) is 11.9 Å². The molecule has 0 aliphatic carbocycles. The second-order valence-electron chi connectivity index (χ2n) is 3.90. The van der Waals surface area contributed by atoms with Gasteiger partial charge in [-0.1, -0.05) is 12.1 Å². The van der Waals surface area contributed by atoms with E-state index >= 15 is 0 Å². The van der Waals surface area contributed by atoms with E-state index in [-0.39, 0.29) is 5.56 Å². The van der Waals surface area contributed by atoms with Crippen molar-refractivity contribution in [3.8, 4) is 0 Å². The standard InChI is InChI=1S/C13H14IN3O/c1-2-15-12-7-13(18)17(16-8-12)9-10-3-5-11(14)6-4-10/h3-8,15H,2,9H2,1H3. The van der Waals surface area contributed by atoms with Crippen molar-refractivity contribution in [3.05, 3.63) is 56.0 Å². The molecule has 1 aromatic heterocycles. The van der Waals surface area contributed by atoms with Crippen LogP contribution in [0, 0.1) is 3.57 Å². The van der Waals surface area contributed by atoms with Crippen LogP contribution >= 0.6 is 22.6 Å². The van der Waals surface area contributed by atoms with Crippen molar-refractivity contribution < 1.29 is 0 Å². The van der Waals surface area contributed by atoms with Crippen molar-refractivity contribution in [2.24, 2.45) is 0 Å². The lowest BCUT2D eigenvalue weighted by Gasteiger charge is -2.06. The van der Waals surface area contributed by atoms with Gasteiger partial charge in [-0.05, 0) is 47.2 Å². The van der Waals surface area contributed by atoms with Crippen LogP contribution in [0.1, 0.15) is 12.5 Å². The zero-order chi connectivity index (χ0) is 13.0. The van der Waals surface area contributed by atoms with Crippen LogP contribution in [-0.4, -0.2) is 16.3 Å². The molecule has 0 saturated carbocycles. The van der Waals surface area contributed by atoms with Crippen LogP contribution in [0.2, 0.25) is 0 Å². The number of anilines is 1. The molecule has 0 unspecified atom stereocenters. The minimum absolute atomic E-state index is 0.0907. The molecule has 2 aromatic rings. The van der Waals surface area contributed by atoms with Crippen LogP contribution in [0.5, 0.6) is 0 Å². The molecule has 5 heteroatoms. The van der Waals surface area contributed by atoms with Crippen LogP contribution in [-0.2, 0) is 6.54 Å². The molecule has 0 aliphatic heterocycles. The van der Waals surface area contributed by atoms with Gasteiger partial charge in [0.1, 0.15) is 0 Å². The number of rotatable bonds is 4. The molecule has 0 bridgehead atoms. The Labute approximate surface area is 119 Å². The van der Waals surface area contributed by atoms with Gasteiger partial charge in [0, 0.05) is 16.2 Å². The maximum atomic E-state index is 11.8. The number of nitrogens with one attached hydrogen (secondary N) is 1. The number of hydrogen-bond acceptors (Lipinski definition) is 3. The number of benzene rings is 1. The van der Waals surface area contributed by atoms with E-state index in [1.54, 1.807) is 12.3 Å². The predicted molar refractivity (Wildman–Crippen MR) is 80.9 cm³/mol. The lowest BCUT2D eigenvalue weighted by molar-refractivity contribution is 0.639. The molecule has 2 rings (SSSR count). The summed E-state index contributed by atoms with van der Waals surface area (Å²) in [5.41, 5.74) is 1.74. The summed E-state index contributed by atoms with van der Waals surface area (Å²) in [6.07, 6.45) is 1.68. The molecule has 94 valence electrons. The minimum Gasteiger partial charge on any atom is -0.384 e. The van der Waals surface area contributed by atoms with Crippen LogP contribution in [0.3, 0.4) is 0 Å². The Bertz CT molecular complexity index is 578. The number of hydrogen-bond donors (Lipinski definition) is 1. The lowest BCUT2D eigenvalue weighted by atomic mass is 10.2. The minimum atomic E-state index is -0.0907. The molecule has 0 amide bonds. The van der Waals surface area contributed by atoms with Gasteiger partial charge in [0.05, 0.1) is 18.4 Å². The quantitative estimate of drug-likeness (QED) is 0.857. The zero-order valence-electron chi connectivity index (χ0n) is 10.1. The number of halogens is 1. The Morgan fingerprint density at radius 3 is 2.67 bits per heavy atom. The van der Waals surface area contributed by atoms with Gasteiger partial charge >= 0.3 is 0 Å². The summed E-state index contributed by atoms with van der Waals surface area (Å²) in [7, 11) is 0. The molecule has 0 saturated heterocycles. The Morgan fingerprint density at radius 2 is 2.06 bits per heavy atom. The zero-order valence-corrected chi connectivity index (χ0v) is 12.2. The van der Waals surface area contributed by atoms with E-state index in [4.69, 9.17) is 0 Å². The highest BCUT2D eigenvalue weighted by atomic mass is 127. The topological polar surface area (TPSA) is 46.9 Å².